The average molecular weight is 215 g/mol. The summed E-state index contributed by atoms with van der Waals surface area (Å²) in [6.07, 6.45) is 0.515. The molecule has 0 aliphatic carbocycles. The van der Waals surface area contributed by atoms with Gasteiger partial charge in [0.1, 0.15) is 0 Å². The van der Waals surface area contributed by atoms with Crippen molar-refractivity contribution < 1.29 is 0 Å². The second-order valence-electron chi connectivity index (χ2n) is 1.94. The Hall–Kier alpha value is 0.0549. The summed E-state index contributed by atoms with van der Waals surface area (Å²) in [5.41, 5.74) is 1.03. The number of hydrogen-bond donors (Lipinski definition) is 0. The van der Waals surface area contributed by atoms with Crippen LogP contribution in [0.4, 0.5) is 0 Å². The van der Waals surface area contributed by atoms with Crippen molar-refractivity contribution >= 4 is 35.4 Å². The van der Waals surface area contributed by atoms with Crippen molar-refractivity contribution in [2.75, 3.05) is 0 Å². The molecule has 1 aromatic rings. The predicted octanol–water partition coefficient (Wildman–Crippen LogP) is 2.77. The lowest BCUT2D eigenvalue weighted by atomic mass is 9.97. The van der Waals surface area contributed by atoms with E-state index in [2.05, 4.69) is 15.9 Å². The third-order valence-corrected chi connectivity index (χ3v) is 2.24. The maximum absolute atomic E-state index is 5.72. The minimum absolute atomic E-state index is 0.515. The number of hydrogen-bond acceptors (Lipinski definition) is 0. The summed E-state index contributed by atoms with van der Waals surface area (Å²) < 4.78 is 1.01. The molecular weight excluding hydrogens is 210 g/mol. The summed E-state index contributed by atoms with van der Waals surface area (Å²) in [4.78, 5) is 0. The van der Waals surface area contributed by atoms with Gasteiger partial charge in [-0.3, -0.25) is 0 Å². The largest absolute Gasteiger partial charge is 0.0843 e. The molecule has 0 aliphatic heterocycles. The highest BCUT2D eigenvalue weighted by Gasteiger charge is 1.96. The topological polar surface area (TPSA) is 0 Å². The fourth-order valence-corrected chi connectivity index (χ4v) is 1.30. The van der Waals surface area contributed by atoms with Crippen LogP contribution in [0.1, 0.15) is 5.56 Å². The highest BCUT2D eigenvalue weighted by atomic mass is 79.9. The van der Waals surface area contributed by atoms with E-state index in [-0.39, 0.29) is 0 Å². The smallest absolute Gasteiger partial charge is 0.0717 e. The fourth-order valence-electron chi connectivity index (χ4n) is 0.700. The Morgan fingerprint density at radius 3 is 2.70 bits per heavy atom. The van der Waals surface area contributed by atoms with Gasteiger partial charge in [-0.05, 0) is 23.8 Å². The highest BCUT2D eigenvalue weighted by Crippen LogP contribution is 2.20. The molecule has 0 N–H and O–H groups in total. The SMILES string of the molecule is [B]Cc1cc(Cl)ccc1Br. The molecule has 0 aliphatic rings. The number of rotatable bonds is 1. The van der Waals surface area contributed by atoms with Gasteiger partial charge in [0.05, 0.1) is 7.85 Å². The van der Waals surface area contributed by atoms with Crippen molar-refractivity contribution in [3.05, 3.63) is 33.3 Å². The normalized spacial score (nSPS) is 9.80. The van der Waals surface area contributed by atoms with Gasteiger partial charge in [0.15, 0.2) is 0 Å². The summed E-state index contributed by atoms with van der Waals surface area (Å²) in [6, 6.07) is 5.57. The molecule has 0 saturated carbocycles. The first-order valence-corrected chi connectivity index (χ1v) is 4.05. The summed E-state index contributed by atoms with van der Waals surface area (Å²) in [6.45, 7) is 0. The zero-order chi connectivity index (χ0) is 7.56. The van der Waals surface area contributed by atoms with Crippen LogP contribution in [0.15, 0.2) is 22.7 Å². The lowest BCUT2D eigenvalue weighted by Crippen LogP contribution is -1.84. The Morgan fingerprint density at radius 1 is 1.50 bits per heavy atom. The number of halogens is 2. The fraction of sp³-hybridized carbons (Fsp3) is 0.143. The molecule has 1 rings (SSSR count). The Kier molecular flexibility index (Phi) is 2.81. The molecule has 0 fully saturated rings. The second-order valence-corrected chi connectivity index (χ2v) is 3.23. The molecule has 0 spiro atoms. The van der Waals surface area contributed by atoms with Crippen LogP contribution in [0, 0.1) is 0 Å². The predicted molar refractivity (Wildman–Crippen MR) is 48.6 cm³/mol. The van der Waals surface area contributed by atoms with Gasteiger partial charge in [-0.15, -0.1) is 0 Å². The Morgan fingerprint density at radius 2 is 2.20 bits per heavy atom. The summed E-state index contributed by atoms with van der Waals surface area (Å²) >= 11 is 9.07. The third-order valence-electron chi connectivity index (χ3n) is 1.23. The molecule has 0 bridgehead atoms. The number of benzene rings is 1. The summed E-state index contributed by atoms with van der Waals surface area (Å²) in [5.74, 6) is 0. The Balaban J connectivity index is 3.09. The van der Waals surface area contributed by atoms with Crippen LogP contribution in [0.25, 0.3) is 0 Å². The van der Waals surface area contributed by atoms with E-state index in [0.717, 1.165) is 15.1 Å². The van der Waals surface area contributed by atoms with Gasteiger partial charge < -0.3 is 0 Å². The van der Waals surface area contributed by atoms with Crippen molar-refractivity contribution in [3.63, 3.8) is 0 Å². The second kappa shape index (κ2) is 3.45. The molecule has 0 unspecified atom stereocenters. The first-order chi connectivity index (χ1) is 4.74. The molecular formula is C7H5BBrCl. The van der Waals surface area contributed by atoms with Crippen molar-refractivity contribution in [2.24, 2.45) is 0 Å². The maximum atomic E-state index is 5.72. The van der Waals surface area contributed by atoms with Gasteiger partial charge in [0.25, 0.3) is 0 Å². The van der Waals surface area contributed by atoms with Crippen LogP contribution in [0.2, 0.25) is 5.02 Å². The van der Waals surface area contributed by atoms with E-state index in [1.54, 1.807) is 0 Å². The van der Waals surface area contributed by atoms with Crippen molar-refractivity contribution in [1.29, 1.82) is 0 Å². The van der Waals surface area contributed by atoms with E-state index in [4.69, 9.17) is 19.4 Å². The van der Waals surface area contributed by atoms with E-state index in [1.807, 2.05) is 18.2 Å². The standard InChI is InChI=1S/C7H5BBrCl/c8-4-5-3-6(10)1-2-7(5)9/h1-3H,4H2. The van der Waals surface area contributed by atoms with Crippen LogP contribution >= 0.6 is 27.5 Å². The van der Waals surface area contributed by atoms with Gasteiger partial charge in [-0.1, -0.05) is 33.9 Å². The minimum Gasteiger partial charge on any atom is -0.0843 e. The van der Waals surface area contributed by atoms with Crippen LogP contribution in [0.3, 0.4) is 0 Å². The van der Waals surface area contributed by atoms with Crippen molar-refractivity contribution in [3.8, 4) is 0 Å². The average Bonchev–Trinajstić information content (AvgIpc) is 1.94. The zero-order valence-corrected chi connectivity index (χ0v) is 7.61. The lowest BCUT2D eigenvalue weighted by Gasteiger charge is -1.99. The maximum Gasteiger partial charge on any atom is 0.0717 e. The lowest BCUT2D eigenvalue weighted by molar-refractivity contribution is 1.37. The molecule has 2 radical (unpaired) electrons. The van der Waals surface area contributed by atoms with Crippen molar-refractivity contribution in [1.82, 2.24) is 0 Å². The molecule has 0 amide bonds. The molecule has 0 saturated heterocycles. The molecule has 0 nitrogen and oxygen atoms in total. The molecule has 50 valence electrons. The molecule has 0 atom stereocenters. The Bertz CT molecular complexity index is 237. The first-order valence-electron chi connectivity index (χ1n) is 2.88. The quantitative estimate of drug-likeness (QED) is 0.632. The molecule has 0 heterocycles. The zero-order valence-electron chi connectivity index (χ0n) is 5.27. The van der Waals surface area contributed by atoms with Gasteiger partial charge in [0, 0.05) is 9.50 Å². The van der Waals surface area contributed by atoms with Gasteiger partial charge in [-0.25, -0.2) is 0 Å². The van der Waals surface area contributed by atoms with Crippen LogP contribution in [-0.4, -0.2) is 7.85 Å². The van der Waals surface area contributed by atoms with E-state index in [1.165, 1.54) is 0 Å². The summed E-state index contributed by atoms with van der Waals surface area (Å²) in [7, 11) is 5.43. The van der Waals surface area contributed by atoms with Gasteiger partial charge in [-0.2, -0.15) is 0 Å². The van der Waals surface area contributed by atoms with Crippen molar-refractivity contribution in [2.45, 2.75) is 6.32 Å². The van der Waals surface area contributed by atoms with Crippen LogP contribution < -0.4 is 0 Å². The Labute approximate surface area is 75.1 Å². The monoisotopic (exact) mass is 214 g/mol. The first kappa shape index (κ1) is 8.15. The van der Waals surface area contributed by atoms with E-state index < -0.39 is 0 Å². The molecule has 0 aromatic heterocycles. The van der Waals surface area contributed by atoms with E-state index in [9.17, 15) is 0 Å². The highest BCUT2D eigenvalue weighted by molar-refractivity contribution is 9.10. The molecule has 1 aromatic carbocycles. The van der Waals surface area contributed by atoms with Crippen LogP contribution in [0.5, 0.6) is 0 Å². The van der Waals surface area contributed by atoms with Gasteiger partial charge in [0.2, 0.25) is 0 Å². The third kappa shape index (κ3) is 1.77. The minimum atomic E-state index is 0.515. The molecule has 3 heteroatoms. The van der Waals surface area contributed by atoms with Crippen LogP contribution in [-0.2, 0) is 6.32 Å². The van der Waals surface area contributed by atoms with E-state index >= 15 is 0 Å². The van der Waals surface area contributed by atoms with E-state index in [0.29, 0.717) is 6.32 Å². The summed E-state index contributed by atoms with van der Waals surface area (Å²) in [5, 5.41) is 0.726. The van der Waals surface area contributed by atoms with Gasteiger partial charge >= 0.3 is 0 Å². The molecule has 10 heavy (non-hydrogen) atoms.